The van der Waals surface area contributed by atoms with Gasteiger partial charge >= 0.3 is 0 Å². The third-order valence-electron chi connectivity index (χ3n) is 4.60. The summed E-state index contributed by atoms with van der Waals surface area (Å²) in [6.07, 6.45) is 8.54. The van der Waals surface area contributed by atoms with Gasteiger partial charge in [0.05, 0.1) is 13.6 Å². The molecule has 2 nitrogen and oxygen atoms in total. The lowest BCUT2D eigenvalue weighted by molar-refractivity contribution is 0.304. The molecule has 0 unspecified atom stereocenters. The summed E-state index contributed by atoms with van der Waals surface area (Å²) in [6, 6.07) is 15.5. The van der Waals surface area contributed by atoms with Gasteiger partial charge in [-0.1, -0.05) is 63.3 Å². The summed E-state index contributed by atoms with van der Waals surface area (Å²) in [4.78, 5) is 0. The van der Waals surface area contributed by atoms with Crippen molar-refractivity contribution in [1.82, 2.24) is 0 Å². The Kier molecular flexibility index (Phi) is 10.1. The first-order valence-electron chi connectivity index (χ1n) is 9.85. The Morgan fingerprint density at radius 3 is 2.46 bits per heavy atom. The van der Waals surface area contributed by atoms with E-state index in [1.54, 1.807) is 6.07 Å². The van der Waals surface area contributed by atoms with Gasteiger partial charge in [-0.15, -0.1) is 21.8 Å². The average Bonchev–Trinajstić information content (AvgIpc) is 2.66. The Morgan fingerprint density at radius 1 is 0.962 bits per heavy atom. The fourth-order valence-electron chi connectivity index (χ4n) is 3.10. The Morgan fingerprint density at radius 2 is 1.73 bits per heavy atom. The fraction of sp³-hybridized carbons (Fsp3) is 0.455. The molecule has 2 rings (SSSR count). The van der Waals surface area contributed by atoms with Crippen LogP contribution in [-0.4, -0.2) is 18.7 Å². The second-order valence-corrected chi connectivity index (χ2v) is 11.1. The highest BCUT2D eigenvalue weighted by molar-refractivity contribution is 14.1. The highest BCUT2D eigenvalue weighted by Crippen LogP contribution is 2.29. The van der Waals surface area contributed by atoms with Crippen LogP contribution in [0.2, 0.25) is 6.04 Å². The van der Waals surface area contributed by atoms with Gasteiger partial charge in [0.2, 0.25) is 0 Å². The topological polar surface area (TPSA) is 29.5 Å². The number of rotatable bonds is 12. The number of ether oxygens (including phenoxy) is 1. The van der Waals surface area contributed by atoms with E-state index in [2.05, 4.69) is 53.0 Å². The smallest absolute Gasteiger partial charge is 0.119 e. The summed E-state index contributed by atoms with van der Waals surface area (Å²) < 4.78 is 5.87. The van der Waals surface area contributed by atoms with E-state index in [1.165, 1.54) is 54.8 Å². The van der Waals surface area contributed by atoms with Crippen LogP contribution in [0.4, 0.5) is 0 Å². The minimum absolute atomic E-state index is 0.0832. The van der Waals surface area contributed by atoms with Crippen molar-refractivity contribution in [3.8, 4) is 22.6 Å². The zero-order valence-electron chi connectivity index (χ0n) is 15.8. The van der Waals surface area contributed by atoms with E-state index in [-0.39, 0.29) is 7.02 Å². The maximum Gasteiger partial charge on any atom is 0.119 e. The van der Waals surface area contributed by atoms with E-state index in [4.69, 9.17) is 4.74 Å². The van der Waals surface area contributed by atoms with Crippen molar-refractivity contribution in [2.45, 2.75) is 57.9 Å². The van der Waals surface area contributed by atoms with Crippen molar-refractivity contribution >= 4 is 28.8 Å². The molecule has 0 fully saturated rings. The van der Waals surface area contributed by atoms with Crippen molar-refractivity contribution in [1.29, 1.82) is 0 Å². The van der Waals surface area contributed by atoms with Gasteiger partial charge in [-0.05, 0) is 53.8 Å². The molecule has 0 atom stereocenters. The van der Waals surface area contributed by atoms with Crippen molar-refractivity contribution in [3.05, 3.63) is 48.0 Å². The number of phenols is 1. The molecule has 0 radical (unpaired) electrons. The summed E-state index contributed by atoms with van der Waals surface area (Å²) >= 11 is 2.56. The molecule has 1 N–H and O–H groups in total. The van der Waals surface area contributed by atoms with Gasteiger partial charge in [-0.25, -0.2) is 0 Å². The Bertz CT molecular complexity index is 643. The summed E-state index contributed by atoms with van der Waals surface area (Å²) in [7, 11) is 0.0832. The van der Waals surface area contributed by atoms with Crippen LogP contribution < -0.4 is 4.74 Å². The van der Waals surface area contributed by atoms with Gasteiger partial charge in [0.1, 0.15) is 11.5 Å². The van der Waals surface area contributed by atoms with Gasteiger partial charge in [0, 0.05) is 0 Å². The fourth-order valence-corrected chi connectivity index (χ4v) is 5.16. The number of benzene rings is 2. The third kappa shape index (κ3) is 7.31. The molecule has 0 aliphatic heterocycles. The molecule has 0 aliphatic carbocycles. The van der Waals surface area contributed by atoms with Crippen molar-refractivity contribution < 1.29 is 9.84 Å². The first-order valence-corrected chi connectivity index (χ1v) is 16.0. The van der Waals surface area contributed by atoms with Crippen LogP contribution in [0.1, 0.15) is 51.0 Å². The van der Waals surface area contributed by atoms with E-state index in [0.29, 0.717) is 5.75 Å². The Balaban J connectivity index is 1.95. The molecule has 0 aromatic heterocycles. The number of halogens is 1. The molecule has 0 saturated heterocycles. The number of aromatic hydroxyl groups is 1. The number of unbranched alkanes of at least 4 members (excludes halogenated alkanes) is 4. The molecule has 4 heteroatoms. The minimum Gasteiger partial charge on any atom is -0.508 e. The van der Waals surface area contributed by atoms with E-state index >= 15 is 0 Å². The largest absolute Gasteiger partial charge is 0.508 e. The first kappa shape index (κ1) is 21.3. The van der Waals surface area contributed by atoms with Crippen molar-refractivity contribution in [3.63, 3.8) is 0 Å². The first-order chi connectivity index (χ1) is 12.7. The molecule has 2 aromatic rings. The van der Waals surface area contributed by atoms with Gasteiger partial charge in [0.15, 0.2) is 0 Å². The summed E-state index contributed by atoms with van der Waals surface area (Å²) in [5.41, 5.74) is 3.67. The molecule has 26 heavy (non-hydrogen) atoms. The van der Waals surface area contributed by atoms with Crippen molar-refractivity contribution in [2.24, 2.45) is 0 Å². The maximum atomic E-state index is 9.85. The van der Waals surface area contributed by atoms with Crippen LogP contribution in [0.15, 0.2) is 42.5 Å². The standard InChI is InChI=1S/C22H31IO2Si/c1-2-3-4-5-6-15-25-21-12-9-18(10-13-21)22-14-11-20(24)17-19(22)8-7-16-26-23/h9-14,17,24H,2-8,15-16,26H2,1H3. The molecule has 0 saturated carbocycles. The normalized spacial score (nSPS) is 11.3. The molecule has 142 valence electrons. The van der Waals surface area contributed by atoms with Gasteiger partial charge in [0.25, 0.3) is 0 Å². The summed E-state index contributed by atoms with van der Waals surface area (Å²) in [5.74, 6) is 1.30. The van der Waals surface area contributed by atoms with Crippen LogP contribution in [0.3, 0.4) is 0 Å². The van der Waals surface area contributed by atoms with Crippen LogP contribution in [0.25, 0.3) is 11.1 Å². The zero-order chi connectivity index (χ0) is 18.6. The highest BCUT2D eigenvalue weighted by Gasteiger charge is 2.07. The van der Waals surface area contributed by atoms with E-state index in [9.17, 15) is 5.11 Å². The zero-order valence-corrected chi connectivity index (χ0v) is 19.4. The molecule has 0 aliphatic rings. The monoisotopic (exact) mass is 482 g/mol. The van der Waals surface area contributed by atoms with Crippen LogP contribution in [-0.2, 0) is 6.42 Å². The molecule has 0 amide bonds. The number of hydrogen-bond donors (Lipinski definition) is 1. The van der Waals surface area contributed by atoms with Gasteiger partial charge in [-0.3, -0.25) is 0 Å². The Labute approximate surface area is 173 Å². The lowest BCUT2D eigenvalue weighted by Gasteiger charge is -2.12. The second-order valence-electron chi connectivity index (χ2n) is 6.77. The Hall–Kier alpha value is -1.01. The predicted molar refractivity (Wildman–Crippen MR) is 123 cm³/mol. The lowest BCUT2D eigenvalue weighted by atomic mass is 9.96. The van der Waals surface area contributed by atoms with Gasteiger partial charge in [-0.2, -0.15) is 0 Å². The third-order valence-corrected chi connectivity index (χ3v) is 7.66. The summed E-state index contributed by atoms with van der Waals surface area (Å²) in [5, 5.41) is 9.85. The van der Waals surface area contributed by atoms with E-state index < -0.39 is 0 Å². The van der Waals surface area contributed by atoms with Crippen LogP contribution in [0, 0.1) is 0 Å². The molecular weight excluding hydrogens is 451 g/mol. The van der Waals surface area contributed by atoms with Gasteiger partial charge < -0.3 is 9.84 Å². The predicted octanol–water partition coefficient (Wildman–Crippen LogP) is 6.28. The molecular formula is C22H31IO2Si. The van der Waals surface area contributed by atoms with E-state index in [1.807, 2.05) is 12.1 Å². The summed E-state index contributed by atoms with van der Waals surface area (Å²) in [6.45, 7) is 3.04. The lowest BCUT2D eigenvalue weighted by Crippen LogP contribution is -1.97. The minimum atomic E-state index is 0.0832. The maximum absolute atomic E-state index is 9.85. The highest BCUT2D eigenvalue weighted by atomic mass is 127. The second kappa shape index (κ2) is 12.4. The number of phenolic OH excluding ortho intramolecular Hbond substituents is 1. The van der Waals surface area contributed by atoms with Crippen molar-refractivity contribution in [2.75, 3.05) is 6.61 Å². The number of aryl methyl sites for hydroxylation is 1. The molecule has 2 aromatic carbocycles. The molecule has 0 bridgehead atoms. The molecule has 0 spiro atoms. The average molecular weight is 482 g/mol. The number of hydrogen-bond acceptors (Lipinski definition) is 2. The van der Waals surface area contributed by atoms with E-state index in [0.717, 1.165) is 25.2 Å². The SMILES string of the molecule is CCCCCCCOc1ccc(-c2ccc(O)cc2CCC[SiH2]I)cc1. The van der Waals surface area contributed by atoms with Crippen LogP contribution >= 0.6 is 21.8 Å². The molecule has 0 heterocycles. The van der Waals surface area contributed by atoms with Crippen LogP contribution in [0.5, 0.6) is 11.5 Å². The quantitative estimate of drug-likeness (QED) is 0.167.